The Bertz CT molecular complexity index is 1250. The third-order valence-corrected chi connectivity index (χ3v) is 5.59. The van der Waals surface area contributed by atoms with Crippen LogP contribution in [0.2, 0.25) is 0 Å². The predicted molar refractivity (Wildman–Crippen MR) is 128 cm³/mol. The van der Waals surface area contributed by atoms with E-state index in [2.05, 4.69) is 43.2 Å². The summed E-state index contributed by atoms with van der Waals surface area (Å²) in [6, 6.07) is 23.9. The molecule has 0 saturated heterocycles. The van der Waals surface area contributed by atoms with Crippen LogP contribution in [0.5, 0.6) is 5.75 Å². The van der Waals surface area contributed by atoms with Gasteiger partial charge in [0.2, 0.25) is 0 Å². The summed E-state index contributed by atoms with van der Waals surface area (Å²) >= 11 is 3.47. The van der Waals surface area contributed by atoms with E-state index in [-0.39, 0.29) is 12.5 Å². The number of aromatic nitrogens is 1. The van der Waals surface area contributed by atoms with Crippen LogP contribution in [0.15, 0.2) is 82.4 Å². The van der Waals surface area contributed by atoms with Gasteiger partial charge in [-0.3, -0.25) is 4.79 Å². The number of hydrogen-bond acceptors (Lipinski definition) is 3. The zero-order chi connectivity index (χ0) is 21.8. The number of nitrogens with zero attached hydrogens (tertiary/aromatic N) is 2. The van der Waals surface area contributed by atoms with Crippen molar-refractivity contribution in [3.05, 3.63) is 94.2 Å². The highest BCUT2D eigenvalue weighted by Gasteiger charge is 2.10. The Kier molecular flexibility index (Phi) is 6.18. The molecule has 4 rings (SSSR count). The molecule has 0 spiro atoms. The maximum Gasteiger partial charge on any atom is 0.277 e. The number of nitrogens with one attached hydrogen (secondary N) is 1. The summed E-state index contributed by atoms with van der Waals surface area (Å²) in [6.45, 7) is 3.97. The van der Waals surface area contributed by atoms with Crippen molar-refractivity contribution in [2.24, 2.45) is 5.10 Å². The Morgan fingerprint density at radius 2 is 1.81 bits per heavy atom. The van der Waals surface area contributed by atoms with Crippen molar-refractivity contribution in [1.29, 1.82) is 0 Å². The van der Waals surface area contributed by atoms with Gasteiger partial charge in [-0.2, -0.15) is 5.10 Å². The first-order chi connectivity index (χ1) is 15.0. The first kappa shape index (κ1) is 20.9. The molecule has 1 amide bonds. The highest BCUT2D eigenvalue weighted by molar-refractivity contribution is 9.10. The number of amides is 1. The van der Waals surface area contributed by atoms with Gasteiger partial charge in [0.25, 0.3) is 5.91 Å². The lowest BCUT2D eigenvalue weighted by atomic mass is 10.1. The Morgan fingerprint density at radius 3 is 2.61 bits per heavy atom. The number of ether oxygens (including phenoxy) is 1. The molecule has 31 heavy (non-hydrogen) atoms. The molecule has 0 saturated carbocycles. The molecule has 156 valence electrons. The average Bonchev–Trinajstić information content (AvgIpc) is 3.06. The zero-order valence-corrected chi connectivity index (χ0v) is 18.9. The van der Waals surface area contributed by atoms with Gasteiger partial charge < -0.3 is 9.30 Å². The summed E-state index contributed by atoms with van der Waals surface area (Å²) < 4.78 is 8.89. The average molecular weight is 476 g/mol. The van der Waals surface area contributed by atoms with Crippen LogP contribution < -0.4 is 10.2 Å². The number of carbonyl (C=O) groups is 1. The Morgan fingerprint density at radius 1 is 1.06 bits per heavy atom. The van der Waals surface area contributed by atoms with Gasteiger partial charge in [0.1, 0.15) is 5.75 Å². The first-order valence-corrected chi connectivity index (χ1v) is 10.7. The number of rotatable bonds is 6. The molecule has 0 radical (unpaired) electrons. The molecule has 0 aliphatic heterocycles. The fourth-order valence-electron chi connectivity index (χ4n) is 3.58. The molecular weight excluding hydrogens is 454 g/mol. The van der Waals surface area contributed by atoms with Crippen molar-refractivity contribution >= 4 is 38.8 Å². The molecule has 1 N–H and O–H groups in total. The van der Waals surface area contributed by atoms with Crippen LogP contribution in [-0.4, -0.2) is 23.3 Å². The Hall–Kier alpha value is -3.38. The largest absolute Gasteiger partial charge is 0.483 e. The molecule has 1 aromatic heterocycles. The van der Waals surface area contributed by atoms with E-state index in [0.717, 1.165) is 37.9 Å². The maximum atomic E-state index is 12.2. The Labute approximate surface area is 189 Å². The number of halogens is 1. The van der Waals surface area contributed by atoms with Crippen molar-refractivity contribution < 1.29 is 9.53 Å². The number of hydrogen-bond donors (Lipinski definition) is 1. The lowest BCUT2D eigenvalue weighted by Crippen LogP contribution is -2.24. The molecular formula is C25H22BrN3O2. The minimum absolute atomic E-state index is 0.108. The van der Waals surface area contributed by atoms with E-state index in [1.165, 1.54) is 0 Å². The fourth-order valence-corrected chi connectivity index (χ4v) is 3.84. The van der Waals surface area contributed by atoms with Gasteiger partial charge in [-0.25, -0.2) is 5.43 Å². The van der Waals surface area contributed by atoms with E-state index in [9.17, 15) is 4.79 Å². The quantitative estimate of drug-likeness (QED) is 0.294. The number of aryl methyl sites for hydroxylation is 1. The van der Waals surface area contributed by atoms with Crippen LogP contribution in [0.25, 0.3) is 16.5 Å². The molecule has 6 heteroatoms. The minimum Gasteiger partial charge on any atom is -0.483 e. The molecule has 0 aliphatic rings. The van der Waals surface area contributed by atoms with Crippen LogP contribution in [0.1, 0.15) is 17.0 Å². The summed E-state index contributed by atoms with van der Waals surface area (Å²) in [5.41, 5.74) is 6.69. The van der Waals surface area contributed by atoms with Crippen molar-refractivity contribution in [2.75, 3.05) is 6.61 Å². The lowest BCUT2D eigenvalue weighted by Gasteiger charge is -2.09. The Balaban J connectivity index is 1.40. The van der Waals surface area contributed by atoms with Crippen molar-refractivity contribution in [3.8, 4) is 11.4 Å². The van der Waals surface area contributed by atoms with Crippen molar-refractivity contribution in [2.45, 2.75) is 13.8 Å². The van der Waals surface area contributed by atoms with E-state index in [0.29, 0.717) is 5.75 Å². The van der Waals surface area contributed by atoms with Gasteiger partial charge in [-0.1, -0.05) is 52.3 Å². The van der Waals surface area contributed by atoms with Crippen LogP contribution in [0.3, 0.4) is 0 Å². The number of benzene rings is 3. The molecule has 0 bridgehead atoms. The molecule has 0 fully saturated rings. The lowest BCUT2D eigenvalue weighted by molar-refractivity contribution is -0.123. The van der Waals surface area contributed by atoms with Gasteiger partial charge in [0, 0.05) is 32.5 Å². The first-order valence-electron chi connectivity index (χ1n) is 9.90. The normalized spacial score (nSPS) is 11.2. The molecule has 0 unspecified atom stereocenters. The number of fused-ring (bicyclic) bond motifs is 1. The van der Waals surface area contributed by atoms with Crippen molar-refractivity contribution in [3.63, 3.8) is 0 Å². The zero-order valence-electron chi connectivity index (χ0n) is 17.3. The SMILES string of the molecule is Cc1cc(/C=N/NC(=O)COc2cccc3ccccc23)c(C)n1-c1ccc(Br)cc1. The van der Waals surface area contributed by atoms with E-state index in [1.807, 2.05) is 74.5 Å². The minimum atomic E-state index is -0.314. The van der Waals surface area contributed by atoms with Crippen LogP contribution in [0.4, 0.5) is 0 Å². The van der Waals surface area contributed by atoms with E-state index >= 15 is 0 Å². The molecule has 0 aliphatic carbocycles. The number of hydrazone groups is 1. The third kappa shape index (κ3) is 4.70. The number of carbonyl (C=O) groups excluding carboxylic acids is 1. The summed E-state index contributed by atoms with van der Waals surface area (Å²) in [7, 11) is 0. The smallest absolute Gasteiger partial charge is 0.277 e. The van der Waals surface area contributed by atoms with Gasteiger partial charge in [0.15, 0.2) is 6.61 Å². The molecule has 5 nitrogen and oxygen atoms in total. The van der Waals surface area contributed by atoms with Gasteiger partial charge in [-0.05, 0) is 55.6 Å². The second-order valence-electron chi connectivity index (χ2n) is 7.20. The molecule has 4 aromatic rings. The molecule has 0 atom stereocenters. The second kappa shape index (κ2) is 9.18. The van der Waals surface area contributed by atoms with Gasteiger partial charge in [0.05, 0.1) is 6.21 Å². The van der Waals surface area contributed by atoms with Crippen molar-refractivity contribution in [1.82, 2.24) is 9.99 Å². The van der Waals surface area contributed by atoms with Crippen LogP contribution >= 0.6 is 15.9 Å². The second-order valence-corrected chi connectivity index (χ2v) is 8.11. The molecule has 1 heterocycles. The standard InChI is InChI=1S/C25H22BrN3O2/c1-17-14-20(18(2)29(17)22-12-10-21(26)11-13-22)15-27-28-25(30)16-31-24-9-5-7-19-6-3-4-8-23(19)24/h3-15H,16H2,1-2H3,(H,28,30)/b27-15+. The van der Waals surface area contributed by atoms with E-state index in [4.69, 9.17) is 4.74 Å². The fraction of sp³-hybridized carbons (Fsp3) is 0.120. The van der Waals surface area contributed by atoms with Crippen LogP contribution in [0, 0.1) is 13.8 Å². The maximum absolute atomic E-state index is 12.2. The third-order valence-electron chi connectivity index (χ3n) is 5.06. The highest BCUT2D eigenvalue weighted by Crippen LogP contribution is 2.25. The highest BCUT2D eigenvalue weighted by atomic mass is 79.9. The summed E-state index contributed by atoms with van der Waals surface area (Å²) in [4.78, 5) is 12.2. The molecule has 3 aromatic carbocycles. The summed E-state index contributed by atoms with van der Waals surface area (Å²) in [5, 5.41) is 6.16. The predicted octanol–water partition coefficient (Wildman–Crippen LogP) is 5.54. The van der Waals surface area contributed by atoms with Gasteiger partial charge in [-0.15, -0.1) is 0 Å². The summed E-state index contributed by atoms with van der Waals surface area (Å²) in [6.07, 6.45) is 1.66. The van der Waals surface area contributed by atoms with Gasteiger partial charge >= 0.3 is 0 Å². The monoisotopic (exact) mass is 475 g/mol. The van der Waals surface area contributed by atoms with Crippen LogP contribution in [-0.2, 0) is 4.79 Å². The topological polar surface area (TPSA) is 55.6 Å². The summed E-state index contributed by atoms with van der Waals surface area (Å²) in [5.74, 6) is 0.362. The van der Waals surface area contributed by atoms with E-state index < -0.39 is 0 Å². The van der Waals surface area contributed by atoms with E-state index in [1.54, 1.807) is 6.21 Å².